The molecular weight excluding hydrogens is 376 g/mol. The summed E-state index contributed by atoms with van der Waals surface area (Å²) < 4.78 is 42.7. The smallest absolute Gasteiger partial charge is 0.367 e. The molecular formula is C8H7BrF3IO. The minimum atomic E-state index is -4.24. The van der Waals surface area contributed by atoms with E-state index in [4.69, 9.17) is 0 Å². The predicted octanol–water partition coefficient (Wildman–Crippen LogP) is 3.51. The maximum atomic E-state index is 11.7. The second-order valence-electron chi connectivity index (χ2n) is 2.52. The normalized spacial score (nSPS) is 17.1. The van der Waals surface area contributed by atoms with E-state index in [9.17, 15) is 13.2 Å². The van der Waals surface area contributed by atoms with Crippen LogP contribution in [0, 0.1) is 0 Å². The van der Waals surface area contributed by atoms with E-state index in [1.54, 1.807) is 0 Å². The minimum absolute atomic E-state index is 0.00878. The number of hydrogen-bond donors (Lipinski definition) is 0. The van der Waals surface area contributed by atoms with Crippen molar-refractivity contribution in [2.24, 2.45) is 0 Å². The molecule has 0 fully saturated rings. The molecule has 0 aliphatic carbocycles. The van der Waals surface area contributed by atoms with Crippen LogP contribution in [0.5, 0.6) is 0 Å². The summed E-state index contributed by atoms with van der Waals surface area (Å²) in [5.74, 6) is 0. The van der Waals surface area contributed by atoms with E-state index in [0.717, 1.165) is 7.99 Å². The van der Waals surface area contributed by atoms with Gasteiger partial charge in [-0.05, 0) is 31.7 Å². The number of hydrogen-bond acceptors (Lipinski definition) is 1. The van der Waals surface area contributed by atoms with Gasteiger partial charge in [-0.3, -0.25) is 0 Å². The molecule has 6 heteroatoms. The highest BCUT2D eigenvalue weighted by atomic mass is 127. The van der Waals surface area contributed by atoms with Gasteiger partial charge in [-0.2, -0.15) is 13.2 Å². The Morgan fingerprint density at radius 1 is 1.43 bits per heavy atom. The van der Waals surface area contributed by atoms with Gasteiger partial charge >= 0.3 is 6.18 Å². The lowest BCUT2D eigenvalue weighted by atomic mass is 10.3. The molecule has 14 heavy (non-hydrogen) atoms. The third-order valence-corrected chi connectivity index (χ3v) is 4.29. The predicted molar refractivity (Wildman–Crippen MR) is 62.1 cm³/mol. The van der Waals surface area contributed by atoms with Crippen LogP contribution in [0.1, 0.15) is 0 Å². The van der Waals surface area contributed by atoms with Crippen LogP contribution in [-0.4, -0.2) is 21.8 Å². The summed E-state index contributed by atoms with van der Waals surface area (Å²) in [4.78, 5) is 0. The molecule has 1 nitrogen and oxygen atoms in total. The van der Waals surface area contributed by atoms with Crippen LogP contribution in [0.25, 0.3) is 0 Å². The van der Waals surface area contributed by atoms with Crippen LogP contribution in [0.4, 0.5) is 13.2 Å². The highest BCUT2D eigenvalue weighted by Gasteiger charge is 2.27. The van der Waals surface area contributed by atoms with Gasteiger partial charge in [-0.1, -0.05) is 26.8 Å². The molecule has 0 N–H and O–H groups in total. The molecule has 1 heterocycles. The largest absolute Gasteiger partial charge is 0.411 e. The summed E-state index contributed by atoms with van der Waals surface area (Å²) >= 11 is 3.20. The Kier molecular flexibility index (Phi) is 4.78. The van der Waals surface area contributed by atoms with Crippen molar-refractivity contribution in [1.82, 2.24) is 0 Å². The van der Waals surface area contributed by atoms with Crippen molar-refractivity contribution in [2.75, 3.05) is 13.2 Å². The Balaban J connectivity index is 2.33. The summed E-state index contributed by atoms with van der Waals surface area (Å²) in [6, 6.07) is 0. The van der Waals surface area contributed by atoms with Crippen molar-refractivity contribution < 1.29 is 17.9 Å². The molecule has 0 saturated heterocycles. The van der Waals surface area contributed by atoms with Crippen LogP contribution in [0.3, 0.4) is 0 Å². The molecule has 1 rings (SSSR count). The molecule has 80 valence electrons. The van der Waals surface area contributed by atoms with E-state index >= 15 is 0 Å². The zero-order valence-electron chi connectivity index (χ0n) is 6.94. The highest BCUT2D eigenvalue weighted by molar-refractivity contribution is 14.2. The van der Waals surface area contributed by atoms with E-state index in [1.165, 1.54) is 0 Å². The number of halogens is 5. The van der Waals surface area contributed by atoms with Crippen molar-refractivity contribution in [3.8, 4) is 0 Å². The standard InChI is InChI=1S/C8H7BrF3IO/c9-7-3-6(1-2-13-7)4-14-5-8(10,11)12/h1-3H,4-5H2. The first kappa shape index (κ1) is 12.4. The molecule has 0 saturated carbocycles. The second kappa shape index (κ2) is 5.41. The number of ether oxygens (including phenoxy) is 1. The molecule has 0 atom stereocenters. The molecule has 0 bridgehead atoms. The van der Waals surface area contributed by atoms with Crippen molar-refractivity contribution >= 4 is 39.1 Å². The first-order chi connectivity index (χ1) is 6.47. The van der Waals surface area contributed by atoms with Crippen molar-refractivity contribution in [3.63, 3.8) is 0 Å². The quantitative estimate of drug-likeness (QED) is 0.679. The molecule has 0 radical (unpaired) electrons. The topological polar surface area (TPSA) is 9.23 Å². The molecule has 0 aromatic carbocycles. The van der Waals surface area contributed by atoms with Crippen molar-refractivity contribution in [3.05, 3.63) is 21.8 Å². The van der Waals surface area contributed by atoms with Gasteiger partial charge in [0.05, 0.1) is 9.02 Å². The number of allylic oxidation sites excluding steroid dienone is 1. The lowest BCUT2D eigenvalue weighted by Gasteiger charge is -2.09. The van der Waals surface area contributed by atoms with Gasteiger partial charge in [0, 0.05) is 0 Å². The van der Waals surface area contributed by atoms with E-state index in [2.05, 4.69) is 20.7 Å². The SMILES string of the molecule is FC(F)(F)COCC1=CC(Br)=IC=C1. The average molecular weight is 383 g/mol. The van der Waals surface area contributed by atoms with E-state index in [-0.39, 0.29) is 27.3 Å². The maximum absolute atomic E-state index is 11.7. The molecule has 0 unspecified atom stereocenters. The zero-order valence-corrected chi connectivity index (χ0v) is 10.7. The second-order valence-corrected chi connectivity index (χ2v) is 7.36. The Morgan fingerprint density at radius 3 is 2.71 bits per heavy atom. The van der Waals surface area contributed by atoms with E-state index < -0.39 is 12.8 Å². The van der Waals surface area contributed by atoms with E-state index in [0.29, 0.717) is 0 Å². The maximum Gasteiger partial charge on any atom is 0.411 e. The van der Waals surface area contributed by atoms with Crippen molar-refractivity contribution in [2.45, 2.75) is 6.18 Å². The lowest BCUT2D eigenvalue weighted by molar-refractivity contribution is -0.171. The first-order valence-electron chi connectivity index (χ1n) is 3.65. The van der Waals surface area contributed by atoms with Gasteiger partial charge in [-0.25, -0.2) is 0 Å². The molecule has 1 aliphatic heterocycles. The fourth-order valence-corrected chi connectivity index (χ4v) is 3.30. The third kappa shape index (κ3) is 5.26. The van der Waals surface area contributed by atoms with Gasteiger partial charge in [0.2, 0.25) is 0 Å². The lowest BCUT2D eigenvalue weighted by Crippen LogP contribution is -2.17. The van der Waals surface area contributed by atoms with Crippen LogP contribution >= 0.6 is 36.7 Å². The fraction of sp³-hybridized carbons (Fsp3) is 0.375. The summed E-state index contributed by atoms with van der Waals surface area (Å²) in [5.41, 5.74) is 0.770. The van der Waals surface area contributed by atoms with Crippen molar-refractivity contribution in [1.29, 1.82) is 0 Å². The van der Waals surface area contributed by atoms with Gasteiger partial charge < -0.3 is 4.74 Å². The highest BCUT2D eigenvalue weighted by Crippen LogP contribution is 2.19. The van der Waals surface area contributed by atoms with E-state index in [1.807, 2.05) is 16.2 Å². The van der Waals surface area contributed by atoms with Gasteiger partial charge in [0.1, 0.15) is 6.61 Å². The number of rotatable bonds is 3. The summed E-state index contributed by atoms with van der Waals surface area (Å²) in [5, 5.41) is 0. The monoisotopic (exact) mass is 382 g/mol. The molecule has 0 aromatic heterocycles. The minimum Gasteiger partial charge on any atom is -0.367 e. The van der Waals surface area contributed by atoms with Crippen LogP contribution in [-0.2, 0) is 4.74 Å². The Labute approximate surface area is 97.9 Å². The summed E-state index contributed by atoms with van der Waals surface area (Å²) in [7, 11) is 0. The van der Waals surface area contributed by atoms with Crippen LogP contribution in [0.15, 0.2) is 21.8 Å². The van der Waals surface area contributed by atoms with Crippen LogP contribution in [0.2, 0.25) is 0 Å². The summed E-state index contributed by atoms with van der Waals surface area (Å²) in [6.45, 7) is -1.18. The third-order valence-electron chi connectivity index (χ3n) is 1.27. The summed E-state index contributed by atoms with van der Waals surface area (Å²) in [6.07, 6.45) is -0.606. The van der Waals surface area contributed by atoms with Gasteiger partial charge in [0.15, 0.2) is 0 Å². The molecule has 0 spiro atoms. The zero-order chi connectivity index (χ0) is 10.6. The fourth-order valence-electron chi connectivity index (χ4n) is 0.767. The molecule has 0 amide bonds. The van der Waals surface area contributed by atoms with Crippen LogP contribution < -0.4 is 0 Å². The number of alkyl halides is 3. The average Bonchev–Trinajstić information content (AvgIpc) is 2.01. The van der Waals surface area contributed by atoms with Gasteiger partial charge in [-0.15, -0.1) is 0 Å². The van der Waals surface area contributed by atoms with Gasteiger partial charge in [0.25, 0.3) is 0 Å². The Morgan fingerprint density at radius 2 is 2.14 bits per heavy atom. The Hall–Kier alpha value is 0.310. The Bertz CT molecular complexity index is 293. The first-order valence-corrected chi connectivity index (χ1v) is 6.76. The molecule has 1 aliphatic rings. The molecule has 0 aromatic rings.